The molecule has 0 aromatic rings. The normalized spacial score (nSPS) is 19.1. The fourth-order valence-corrected chi connectivity index (χ4v) is 2.90. The SMILES string of the molecule is O=S(=O)(CCCCCl)N1CCC1. The summed E-state index contributed by atoms with van der Waals surface area (Å²) in [6.45, 7) is 1.42. The highest BCUT2D eigenvalue weighted by molar-refractivity contribution is 7.89. The number of hydrogen-bond acceptors (Lipinski definition) is 2. The first-order chi connectivity index (χ1) is 5.67. The van der Waals surface area contributed by atoms with Gasteiger partial charge in [0.25, 0.3) is 0 Å². The van der Waals surface area contributed by atoms with E-state index in [0.717, 1.165) is 12.8 Å². The predicted octanol–water partition coefficient (Wildman–Crippen LogP) is 1.04. The molecule has 1 saturated heterocycles. The molecule has 0 aromatic carbocycles. The molecule has 12 heavy (non-hydrogen) atoms. The molecule has 0 atom stereocenters. The summed E-state index contributed by atoms with van der Waals surface area (Å²) in [6, 6.07) is 0. The van der Waals surface area contributed by atoms with Crippen molar-refractivity contribution >= 4 is 21.6 Å². The van der Waals surface area contributed by atoms with Gasteiger partial charge in [0.15, 0.2) is 0 Å². The average molecular weight is 212 g/mol. The fraction of sp³-hybridized carbons (Fsp3) is 1.00. The van der Waals surface area contributed by atoms with Crippen LogP contribution in [0.25, 0.3) is 0 Å². The van der Waals surface area contributed by atoms with Crippen LogP contribution in [-0.2, 0) is 10.0 Å². The lowest BCUT2D eigenvalue weighted by Gasteiger charge is -2.29. The van der Waals surface area contributed by atoms with Crippen molar-refractivity contribution in [2.75, 3.05) is 24.7 Å². The summed E-state index contributed by atoms with van der Waals surface area (Å²) in [4.78, 5) is 0. The number of nitrogens with zero attached hydrogens (tertiary/aromatic N) is 1. The molecule has 1 rings (SSSR count). The highest BCUT2D eigenvalue weighted by Gasteiger charge is 2.26. The van der Waals surface area contributed by atoms with Gasteiger partial charge in [-0.25, -0.2) is 12.7 Å². The lowest BCUT2D eigenvalue weighted by atomic mass is 10.3. The smallest absolute Gasteiger partial charge is 0.212 e. The van der Waals surface area contributed by atoms with Crippen molar-refractivity contribution in [3.8, 4) is 0 Å². The van der Waals surface area contributed by atoms with E-state index >= 15 is 0 Å². The number of rotatable bonds is 5. The van der Waals surface area contributed by atoms with Gasteiger partial charge in [-0.1, -0.05) is 0 Å². The molecule has 0 unspecified atom stereocenters. The van der Waals surface area contributed by atoms with E-state index in [9.17, 15) is 8.42 Å². The number of halogens is 1. The Labute approximate surface area is 78.7 Å². The van der Waals surface area contributed by atoms with Crippen molar-refractivity contribution in [2.45, 2.75) is 19.3 Å². The van der Waals surface area contributed by atoms with E-state index in [-0.39, 0.29) is 5.75 Å². The number of alkyl halides is 1. The second-order valence-corrected chi connectivity index (χ2v) is 5.43. The van der Waals surface area contributed by atoms with Gasteiger partial charge in [-0.2, -0.15) is 0 Å². The Kier molecular flexibility index (Phi) is 3.80. The Bertz CT molecular complexity index is 224. The molecule has 0 bridgehead atoms. The molecule has 0 spiro atoms. The van der Waals surface area contributed by atoms with Crippen LogP contribution in [0.2, 0.25) is 0 Å². The van der Waals surface area contributed by atoms with Gasteiger partial charge in [0.2, 0.25) is 10.0 Å². The minimum absolute atomic E-state index is 0.264. The molecular formula is C7H14ClNO2S. The van der Waals surface area contributed by atoms with E-state index in [4.69, 9.17) is 11.6 Å². The summed E-state index contributed by atoms with van der Waals surface area (Å²) >= 11 is 5.45. The summed E-state index contributed by atoms with van der Waals surface area (Å²) in [7, 11) is -2.92. The van der Waals surface area contributed by atoms with Gasteiger partial charge < -0.3 is 0 Å². The van der Waals surface area contributed by atoms with Crippen LogP contribution < -0.4 is 0 Å². The summed E-state index contributed by atoms with van der Waals surface area (Å²) in [5.41, 5.74) is 0. The maximum absolute atomic E-state index is 11.4. The zero-order chi connectivity index (χ0) is 9.03. The van der Waals surface area contributed by atoms with Gasteiger partial charge in [0, 0.05) is 19.0 Å². The standard InChI is InChI=1S/C7H14ClNO2S/c8-4-1-2-7-12(10,11)9-5-3-6-9/h1-7H2. The van der Waals surface area contributed by atoms with Crippen molar-refractivity contribution < 1.29 is 8.42 Å². The zero-order valence-corrected chi connectivity index (χ0v) is 8.57. The highest BCUT2D eigenvalue weighted by atomic mass is 35.5. The second kappa shape index (κ2) is 4.44. The first-order valence-electron chi connectivity index (χ1n) is 4.20. The van der Waals surface area contributed by atoms with Crippen LogP contribution in [0.1, 0.15) is 19.3 Å². The topological polar surface area (TPSA) is 37.4 Å². The maximum atomic E-state index is 11.4. The highest BCUT2D eigenvalue weighted by Crippen LogP contribution is 2.13. The van der Waals surface area contributed by atoms with Crippen LogP contribution in [0, 0.1) is 0 Å². The largest absolute Gasteiger partial charge is 0.214 e. The molecule has 5 heteroatoms. The van der Waals surface area contributed by atoms with Crippen LogP contribution >= 0.6 is 11.6 Å². The van der Waals surface area contributed by atoms with Gasteiger partial charge in [-0.15, -0.1) is 11.6 Å². The summed E-state index contributed by atoms with van der Waals surface area (Å²) in [6.07, 6.45) is 2.48. The number of hydrogen-bond donors (Lipinski definition) is 0. The van der Waals surface area contributed by atoms with Crippen LogP contribution in [0.4, 0.5) is 0 Å². The quantitative estimate of drug-likeness (QED) is 0.504. The van der Waals surface area contributed by atoms with Crippen LogP contribution in [0.5, 0.6) is 0 Å². The van der Waals surface area contributed by atoms with E-state index in [0.29, 0.717) is 25.4 Å². The van der Waals surface area contributed by atoms with E-state index in [1.165, 1.54) is 0 Å². The molecule has 0 amide bonds. The summed E-state index contributed by atoms with van der Waals surface area (Å²) in [5.74, 6) is 0.815. The van der Waals surface area contributed by atoms with Gasteiger partial charge in [-0.3, -0.25) is 0 Å². The average Bonchev–Trinajstić information content (AvgIpc) is 1.82. The molecule has 72 valence electrons. The maximum Gasteiger partial charge on any atom is 0.214 e. The van der Waals surface area contributed by atoms with E-state index < -0.39 is 10.0 Å². The number of sulfonamides is 1. The third kappa shape index (κ3) is 2.61. The van der Waals surface area contributed by atoms with Crippen LogP contribution in [-0.4, -0.2) is 37.4 Å². The second-order valence-electron chi connectivity index (χ2n) is 2.96. The lowest BCUT2D eigenvalue weighted by molar-refractivity contribution is 0.309. The fourth-order valence-electron chi connectivity index (χ4n) is 1.07. The van der Waals surface area contributed by atoms with E-state index in [2.05, 4.69) is 0 Å². The molecule has 0 N–H and O–H groups in total. The first-order valence-corrected chi connectivity index (χ1v) is 6.35. The summed E-state index contributed by atoms with van der Waals surface area (Å²) in [5, 5.41) is 0. The molecule has 1 heterocycles. The van der Waals surface area contributed by atoms with E-state index in [1.807, 2.05) is 0 Å². The molecular weight excluding hydrogens is 198 g/mol. The molecule has 0 aliphatic carbocycles. The van der Waals surface area contributed by atoms with Crippen LogP contribution in [0.3, 0.4) is 0 Å². The monoisotopic (exact) mass is 211 g/mol. The predicted molar refractivity (Wildman–Crippen MR) is 49.9 cm³/mol. The molecule has 0 radical (unpaired) electrons. The molecule has 0 aromatic heterocycles. The number of unbranched alkanes of at least 4 members (excludes halogenated alkanes) is 1. The Morgan fingerprint density at radius 2 is 1.92 bits per heavy atom. The van der Waals surface area contributed by atoms with Gasteiger partial charge in [-0.05, 0) is 19.3 Å². The van der Waals surface area contributed by atoms with Crippen molar-refractivity contribution in [1.29, 1.82) is 0 Å². The Morgan fingerprint density at radius 1 is 1.25 bits per heavy atom. The lowest BCUT2D eigenvalue weighted by Crippen LogP contribution is -2.43. The van der Waals surface area contributed by atoms with Gasteiger partial charge >= 0.3 is 0 Å². The van der Waals surface area contributed by atoms with Crippen molar-refractivity contribution in [2.24, 2.45) is 0 Å². The third-order valence-electron chi connectivity index (χ3n) is 1.99. The first kappa shape index (κ1) is 10.3. The Morgan fingerprint density at radius 3 is 2.33 bits per heavy atom. The molecule has 1 aliphatic heterocycles. The van der Waals surface area contributed by atoms with Gasteiger partial charge in [0.05, 0.1) is 5.75 Å². The molecule has 3 nitrogen and oxygen atoms in total. The van der Waals surface area contributed by atoms with E-state index in [1.54, 1.807) is 4.31 Å². The zero-order valence-electron chi connectivity index (χ0n) is 7.00. The van der Waals surface area contributed by atoms with Crippen molar-refractivity contribution in [3.63, 3.8) is 0 Å². The van der Waals surface area contributed by atoms with Gasteiger partial charge in [0.1, 0.15) is 0 Å². The molecule has 1 fully saturated rings. The third-order valence-corrected chi connectivity index (χ3v) is 4.22. The molecule has 0 saturated carbocycles. The minimum Gasteiger partial charge on any atom is -0.212 e. The van der Waals surface area contributed by atoms with Crippen molar-refractivity contribution in [3.05, 3.63) is 0 Å². The summed E-state index contributed by atoms with van der Waals surface area (Å²) < 4.78 is 24.3. The minimum atomic E-state index is -2.92. The Hall–Kier alpha value is 0.200. The van der Waals surface area contributed by atoms with Crippen molar-refractivity contribution in [1.82, 2.24) is 4.31 Å². The molecule has 1 aliphatic rings. The van der Waals surface area contributed by atoms with Crippen LogP contribution in [0.15, 0.2) is 0 Å². The Balaban J connectivity index is 2.28.